The number of halogens is 3. The monoisotopic (exact) mass is 314 g/mol. The molecular weight excluding hydrogens is 297 g/mol. The molecule has 1 fully saturated rings. The highest BCUT2D eigenvalue weighted by molar-refractivity contribution is 5.90. The topological polar surface area (TPSA) is 49.4 Å². The summed E-state index contributed by atoms with van der Waals surface area (Å²) in [6, 6.07) is 4.53. The number of amides is 2. The molecule has 7 heteroatoms. The van der Waals surface area contributed by atoms with E-state index in [2.05, 4.69) is 5.32 Å². The van der Waals surface area contributed by atoms with Crippen molar-refractivity contribution in [3.63, 3.8) is 0 Å². The molecule has 0 saturated carbocycles. The van der Waals surface area contributed by atoms with Crippen molar-refractivity contribution in [3.05, 3.63) is 35.4 Å². The number of rotatable bonds is 4. The van der Waals surface area contributed by atoms with Crippen LogP contribution in [0.2, 0.25) is 0 Å². The Morgan fingerprint density at radius 2 is 2.05 bits per heavy atom. The summed E-state index contributed by atoms with van der Waals surface area (Å²) in [5.41, 5.74) is -0.749. The zero-order valence-corrected chi connectivity index (χ0v) is 12.1. The Kier molecular flexibility index (Phi) is 4.73. The Morgan fingerprint density at radius 3 is 2.68 bits per heavy atom. The number of hydrogen-bond donors (Lipinski definition) is 1. The smallest absolute Gasteiger partial charge is 0.350 e. The molecule has 22 heavy (non-hydrogen) atoms. The fraction of sp³-hybridized carbons (Fsp3) is 0.467. The molecule has 2 rings (SSSR count). The number of likely N-dealkylation sites (tertiary alicyclic amines) is 1. The fourth-order valence-corrected chi connectivity index (χ4v) is 2.65. The molecule has 1 aliphatic rings. The SMILES string of the molecule is CCN1C(=O)CC[C@H]1C(=O)NCc1ccccc1C(F)(F)F. The molecule has 1 saturated heterocycles. The van der Waals surface area contributed by atoms with E-state index in [1.165, 1.54) is 23.1 Å². The van der Waals surface area contributed by atoms with Gasteiger partial charge in [-0.1, -0.05) is 18.2 Å². The number of carbonyl (C=O) groups excluding carboxylic acids is 2. The van der Waals surface area contributed by atoms with Crippen LogP contribution in [0.25, 0.3) is 0 Å². The number of benzene rings is 1. The highest BCUT2D eigenvalue weighted by Gasteiger charge is 2.36. The van der Waals surface area contributed by atoms with Gasteiger partial charge in [-0.15, -0.1) is 0 Å². The Labute approximate surface area is 126 Å². The van der Waals surface area contributed by atoms with E-state index in [0.717, 1.165) is 6.07 Å². The van der Waals surface area contributed by atoms with Crippen LogP contribution in [-0.2, 0) is 22.3 Å². The second-order valence-corrected chi connectivity index (χ2v) is 5.11. The quantitative estimate of drug-likeness (QED) is 0.927. The van der Waals surface area contributed by atoms with Gasteiger partial charge >= 0.3 is 6.18 Å². The Bertz CT molecular complexity index is 572. The van der Waals surface area contributed by atoms with Crippen molar-refractivity contribution in [3.8, 4) is 0 Å². The van der Waals surface area contributed by atoms with Crippen LogP contribution in [0.5, 0.6) is 0 Å². The van der Waals surface area contributed by atoms with Gasteiger partial charge in [0.2, 0.25) is 11.8 Å². The lowest BCUT2D eigenvalue weighted by Crippen LogP contribution is -2.44. The minimum atomic E-state index is -4.46. The minimum absolute atomic E-state index is 0.00993. The average molecular weight is 314 g/mol. The van der Waals surface area contributed by atoms with E-state index in [4.69, 9.17) is 0 Å². The lowest BCUT2D eigenvalue weighted by atomic mass is 10.1. The van der Waals surface area contributed by atoms with Gasteiger partial charge in [0, 0.05) is 19.5 Å². The zero-order valence-electron chi connectivity index (χ0n) is 12.1. The van der Waals surface area contributed by atoms with Crippen molar-refractivity contribution >= 4 is 11.8 Å². The second kappa shape index (κ2) is 6.37. The van der Waals surface area contributed by atoms with Crippen LogP contribution in [-0.4, -0.2) is 29.3 Å². The average Bonchev–Trinajstić information content (AvgIpc) is 2.85. The molecule has 0 unspecified atom stereocenters. The summed E-state index contributed by atoms with van der Waals surface area (Å²) < 4.78 is 38.6. The van der Waals surface area contributed by atoms with Gasteiger partial charge in [-0.2, -0.15) is 13.2 Å². The van der Waals surface area contributed by atoms with Crippen LogP contribution in [0.1, 0.15) is 30.9 Å². The van der Waals surface area contributed by atoms with Gasteiger partial charge in [0.25, 0.3) is 0 Å². The summed E-state index contributed by atoms with van der Waals surface area (Å²) in [4.78, 5) is 25.1. The van der Waals surface area contributed by atoms with Gasteiger partial charge in [0.05, 0.1) is 5.56 Å². The van der Waals surface area contributed by atoms with Crippen LogP contribution in [0.4, 0.5) is 13.2 Å². The normalized spacial score (nSPS) is 18.6. The van der Waals surface area contributed by atoms with Gasteiger partial charge in [0.1, 0.15) is 6.04 Å². The molecule has 0 aromatic heterocycles. The van der Waals surface area contributed by atoms with Crippen molar-refractivity contribution in [2.24, 2.45) is 0 Å². The second-order valence-electron chi connectivity index (χ2n) is 5.11. The van der Waals surface area contributed by atoms with Crippen molar-refractivity contribution in [2.45, 2.75) is 38.5 Å². The van der Waals surface area contributed by atoms with Crippen molar-refractivity contribution in [1.82, 2.24) is 10.2 Å². The molecule has 1 N–H and O–H groups in total. The van der Waals surface area contributed by atoms with Crippen molar-refractivity contribution < 1.29 is 22.8 Å². The Morgan fingerprint density at radius 1 is 1.36 bits per heavy atom. The van der Waals surface area contributed by atoms with Crippen molar-refractivity contribution in [2.75, 3.05) is 6.54 Å². The standard InChI is InChI=1S/C15H17F3N2O2/c1-2-20-12(7-8-13(20)21)14(22)19-9-10-5-3-4-6-11(10)15(16,17)18/h3-6,12H,2,7-9H2,1H3,(H,19,22)/t12-/m0/s1. The predicted octanol–water partition coefficient (Wildman–Crippen LogP) is 2.33. The number of nitrogens with zero attached hydrogens (tertiary/aromatic N) is 1. The van der Waals surface area contributed by atoms with Gasteiger partial charge in [-0.25, -0.2) is 0 Å². The first kappa shape index (κ1) is 16.3. The Hall–Kier alpha value is -2.05. The fourth-order valence-electron chi connectivity index (χ4n) is 2.65. The summed E-state index contributed by atoms with van der Waals surface area (Å²) in [7, 11) is 0. The summed E-state index contributed by atoms with van der Waals surface area (Å²) in [5.74, 6) is -0.511. The maximum absolute atomic E-state index is 12.9. The molecule has 1 heterocycles. The third-order valence-electron chi connectivity index (χ3n) is 3.75. The Balaban J connectivity index is 2.05. The molecule has 1 aromatic carbocycles. The maximum atomic E-state index is 12.9. The van der Waals surface area contributed by atoms with Gasteiger partial charge in [-0.05, 0) is 25.0 Å². The lowest BCUT2D eigenvalue weighted by Gasteiger charge is -2.22. The van der Waals surface area contributed by atoms with E-state index in [1.807, 2.05) is 0 Å². The summed E-state index contributed by atoms with van der Waals surface area (Å²) in [6.45, 7) is 1.97. The summed E-state index contributed by atoms with van der Waals surface area (Å²) >= 11 is 0. The number of nitrogens with one attached hydrogen (secondary N) is 1. The van der Waals surface area contributed by atoms with E-state index in [-0.39, 0.29) is 18.0 Å². The lowest BCUT2D eigenvalue weighted by molar-refractivity contribution is -0.138. The van der Waals surface area contributed by atoms with E-state index in [0.29, 0.717) is 19.4 Å². The molecule has 120 valence electrons. The van der Waals surface area contributed by atoms with Crippen molar-refractivity contribution in [1.29, 1.82) is 0 Å². The largest absolute Gasteiger partial charge is 0.416 e. The molecule has 0 radical (unpaired) electrons. The van der Waals surface area contributed by atoms with Gasteiger partial charge in [-0.3, -0.25) is 9.59 Å². The van der Waals surface area contributed by atoms with E-state index in [1.54, 1.807) is 6.92 Å². The molecule has 1 atom stereocenters. The summed E-state index contributed by atoms with van der Waals surface area (Å²) in [6.07, 6.45) is -3.76. The third kappa shape index (κ3) is 3.40. The first-order valence-electron chi connectivity index (χ1n) is 7.07. The number of alkyl halides is 3. The van der Waals surface area contributed by atoms with Crippen LogP contribution in [0, 0.1) is 0 Å². The van der Waals surface area contributed by atoms with E-state index in [9.17, 15) is 22.8 Å². The molecule has 0 aliphatic carbocycles. The zero-order chi connectivity index (χ0) is 16.3. The predicted molar refractivity (Wildman–Crippen MR) is 73.7 cm³/mol. The number of hydrogen-bond acceptors (Lipinski definition) is 2. The maximum Gasteiger partial charge on any atom is 0.416 e. The van der Waals surface area contributed by atoms with Crippen LogP contribution in [0.3, 0.4) is 0 Å². The van der Waals surface area contributed by atoms with E-state index < -0.39 is 23.7 Å². The molecule has 1 aliphatic heterocycles. The van der Waals surface area contributed by atoms with E-state index >= 15 is 0 Å². The molecule has 1 aromatic rings. The van der Waals surface area contributed by atoms with Crippen LogP contribution in [0.15, 0.2) is 24.3 Å². The van der Waals surface area contributed by atoms with Gasteiger partial charge < -0.3 is 10.2 Å². The molecule has 0 bridgehead atoms. The molecular formula is C15H17F3N2O2. The highest BCUT2D eigenvalue weighted by atomic mass is 19.4. The minimum Gasteiger partial charge on any atom is -0.350 e. The van der Waals surface area contributed by atoms with Crippen LogP contribution >= 0.6 is 0 Å². The first-order valence-corrected chi connectivity index (χ1v) is 7.07. The highest BCUT2D eigenvalue weighted by Crippen LogP contribution is 2.31. The number of carbonyl (C=O) groups is 2. The van der Waals surface area contributed by atoms with Gasteiger partial charge in [0.15, 0.2) is 0 Å². The van der Waals surface area contributed by atoms with Crippen LogP contribution < -0.4 is 5.32 Å². The molecule has 0 spiro atoms. The number of likely N-dealkylation sites (N-methyl/N-ethyl adjacent to an activating group) is 1. The first-order chi connectivity index (χ1) is 10.3. The molecule has 4 nitrogen and oxygen atoms in total. The third-order valence-corrected chi connectivity index (χ3v) is 3.75. The summed E-state index contributed by atoms with van der Waals surface area (Å²) in [5, 5.41) is 2.51. The molecule has 2 amide bonds.